The monoisotopic (exact) mass is 578 g/mol. The maximum Gasteiger partial charge on any atom is 0.307 e. The average Bonchev–Trinajstić information content (AvgIpc) is 3.00. The predicted molar refractivity (Wildman–Crippen MR) is 174 cm³/mol. The second-order valence-corrected chi connectivity index (χ2v) is 12.2. The molecule has 0 aromatic heterocycles. The van der Waals surface area contributed by atoms with Crippen molar-refractivity contribution >= 4 is 23.6 Å². The predicted octanol–water partition coefficient (Wildman–Crippen LogP) is 7.67. The molecule has 5 nitrogen and oxygen atoms in total. The Labute approximate surface area is 253 Å². The van der Waals surface area contributed by atoms with Gasteiger partial charge < -0.3 is 14.1 Å². The van der Waals surface area contributed by atoms with Crippen molar-refractivity contribution in [1.82, 2.24) is 4.90 Å². The van der Waals surface area contributed by atoms with E-state index in [9.17, 15) is 9.90 Å². The molecule has 4 aromatic carbocycles. The molecule has 0 saturated carbocycles. The summed E-state index contributed by atoms with van der Waals surface area (Å²) in [6, 6.07) is 24.2. The van der Waals surface area contributed by atoms with Gasteiger partial charge in [-0.2, -0.15) is 0 Å². The number of hydrogen-bond acceptors (Lipinski definition) is 5. The summed E-state index contributed by atoms with van der Waals surface area (Å²) >= 11 is 1.70. The number of carboxylic acid groups (broad SMARTS) is 1. The first kappa shape index (κ1) is 28.5. The van der Waals surface area contributed by atoms with E-state index >= 15 is 0 Å². The Morgan fingerprint density at radius 2 is 1.60 bits per heavy atom. The van der Waals surface area contributed by atoms with Crippen LogP contribution in [0.4, 0.5) is 5.69 Å². The molecule has 0 radical (unpaired) electrons. The van der Waals surface area contributed by atoms with Gasteiger partial charge in [-0.15, -0.1) is 0 Å². The van der Waals surface area contributed by atoms with Crippen LogP contribution < -0.4 is 4.31 Å². The van der Waals surface area contributed by atoms with Crippen molar-refractivity contribution in [3.8, 4) is 33.4 Å². The van der Waals surface area contributed by atoms with Gasteiger partial charge in [-0.25, -0.2) is 0 Å². The summed E-state index contributed by atoms with van der Waals surface area (Å²) in [6.07, 6.45) is 2.09. The SMILES string of the molecule is CSN1Cc2ccc(-c3cccc(CN4CCOCC4)c3)cc2-c2c(C)c(-c3ccc(C)cc3)c(CC(=O)O)c(C)c21. The number of aliphatic carboxylic acids is 1. The molecule has 2 heterocycles. The number of fused-ring (bicyclic) bond motifs is 3. The van der Waals surface area contributed by atoms with E-state index in [0.717, 1.165) is 72.9 Å². The van der Waals surface area contributed by atoms with Crippen molar-refractivity contribution in [2.45, 2.75) is 40.3 Å². The van der Waals surface area contributed by atoms with Crippen LogP contribution in [0.2, 0.25) is 0 Å². The highest BCUT2D eigenvalue weighted by Crippen LogP contribution is 2.50. The van der Waals surface area contributed by atoms with Crippen molar-refractivity contribution < 1.29 is 14.6 Å². The Morgan fingerprint density at radius 3 is 2.31 bits per heavy atom. The summed E-state index contributed by atoms with van der Waals surface area (Å²) in [4.78, 5) is 14.6. The van der Waals surface area contributed by atoms with Crippen molar-refractivity contribution in [3.63, 3.8) is 0 Å². The number of rotatable bonds is 7. The molecule has 216 valence electrons. The fourth-order valence-electron chi connectivity index (χ4n) is 6.55. The first-order valence-corrected chi connectivity index (χ1v) is 15.8. The quantitative estimate of drug-likeness (QED) is 0.227. The van der Waals surface area contributed by atoms with Gasteiger partial charge in [0.2, 0.25) is 0 Å². The molecule has 0 aliphatic carbocycles. The van der Waals surface area contributed by atoms with Crippen molar-refractivity contribution in [1.29, 1.82) is 0 Å². The van der Waals surface area contributed by atoms with Gasteiger partial charge in [0.05, 0.1) is 31.9 Å². The molecule has 4 aromatic rings. The molecular weight excluding hydrogens is 540 g/mol. The maximum atomic E-state index is 12.1. The third-order valence-corrected chi connectivity index (χ3v) is 9.45. The topological polar surface area (TPSA) is 53.0 Å². The third-order valence-electron chi connectivity index (χ3n) is 8.70. The zero-order valence-corrected chi connectivity index (χ0v) is 25.7. The number of morpholine rings is 1. The molecule has 6 rings (SSSR count). The van der Waals surface area contributed by atoms with E-state index in [0.29, 0.717) is 0 Å². The highest BCUT2D eigenvalue weighted by Gasteiger charge is 2.30. The van der Waals surface area contributed by atoms with E-state index < -0.39 is 5.97 Å². The molecule has 0 spiro atoms. The van der Waals surface area contributed by atoms with Crippen LogP contribution >= 0.6 is 11.9 Å². The van der Waals surface area contributed by atoms with E-state index in [1.165, 1.54) is 38.9 Å². The first-order chi connectivity index (χ1) is 20.3. The lowest BCUT2D eigenvalue weighted by Gasteiger charge is -2.36. The van der Waals surface area contributed by atoms with Gasteiger partial charge in [-0.1, -0.05) is 72.1 Å². The van der Waals surface area contributed by atoms with Crippen molar-refractivity contribution in [2.24, 2.45) is 0 Å². The zero-order chi connectivity index (χ0) is 29.4. The second-order valence-electron chi connectivity index (χ2n) is 11.4. The Hall–Kier alpha value is -3.58. The Morgan fingerprint density at radius 1 is 0.881 bits per heavy atom. The van der Waals surface area contributed by atoms with Gasteiger partial charge in [0.25, 0.3) is 0 Å². The maximum absolute atomic E-state index is 12.1. The van der Waals surface area contributed by atoms with Gasteiger partial charge in [-0.3, -0.25) is 9.69 Å². The number of anilines is 1. The third kappa shape index (κ3) is 5.47. The van der Waals surface area contributed by atoms with E-state index in [2.05, 4.69) is 103 Å². The van der Waals surface area contributed by atoms with Crippen LogP contribution in [-0.2, 0) is 29.0 Å². The molecule has 42 heavy (non-hydrogen) atoms. The standard InChI is InChI=1S/C36H38N2O3S/c1-23-8-10-27(11-9-23)34-25(3)35-32-19-29(28-7-5-6-26(18-28)21-37-14-16-41-17-15-37)12-13-30(32)22-38(42-4)36(35)24(2)31(34)20-33(39)40/h5-13,18-19H,14-17,20-22H2,1-4H3,(H,39,40). The van der Waals surface area contributed by atoms with Gasteiger partial charge in [0.1, 0.15) is 0 Å². The van der Waals surface area contributed by atoms with Crippen LogP contribution in [0.3, 0.4) is 0 Å². The minimum Gasteiger partial charge on any atom is -0.481 e. The van der Waals surface area contributed by atoms with Gasteiger partial charge in [0, 0.05) is 31.5 Å². The van der Waals surface area contributed by atoms with Gasteiger partial charge in [-0.05, 0) is 88.5 Å². The van der Waals surface area contributed by atoms with Crippen molar-refractivity contribution in [3.05, 3.63) is 100 Å². The van der Waals surface area contributed by atoms with Crippen molar-refractivity contribution in [2.75, 3.05) is 36.9 Å². The largest absolute Gasteiger partial charge is 0.481 e. The van der Waals surface area contributed by atoms with Crippen LogP contribution in [0.5, 0.6) is 0 Å². The van der Waals surface area contributed by atoms with Gasteiger partial charge in [0.15, 0.2) is 0 Å². The summed E-state index contributed by atoms with van der Waals surface area (Å²) in [5, 5.41) is 9.94. The lowest BCUT2D eigenvalue weighted by Crippen LogP contribution is -2.35. The van der Waals surface area contributed by atoms with Crippen LogP contribution in [0, 0.1) is 20.8 Å². The molecule has 0 atom stereocenters. The Bertz CT molecular complexity index is 1640. The van der Waals surface area contributed by atoms with E-state index in [4.69, 9.17) is 4.74 Å². The summed E-state index contributed by atoms with van der Waals surface area (Å²) in [5.74, 6) is -0.808. The molecule has 1 N–H and O–H groups in total. The molecule has 1 fully saturated rings. The Balaban J connectivity index is 1.50. The minimum atomic E-state index is -0.808. The molecular formula is C36H38N2O3S. The summed E-state index contributed by atoms with van der Waals surface area (Å²) in [5.41, 5.74) is 15.0. The molecule has 2 aliphatic rings. The zero-order valence-electron chi connectivity index (χ0n) is 24.9. The number of hydrogen-bond donors (Lipinski definition) is 1. The number of carboxylic acids is 1. The molecule has 2 aliphatic heterocycles. The van der Waals surface area contributed by atoms with E-state index in [1.54, 1.807) is 11.9 Å². The smallest absolute Gasteiger partial charge is 0.307 e. The molecule has 6 heteroatoms. The first-order valence-electron chi connectivity index (χ1n) is 14.6. The summed E-state index contributed by atoms with van der Waals surface area (Å²) < 4.78 is 7.86. The molecule has 1 saturated heterocycles. The van der Waals surface area contributed by atoms with E-state index in [1.807, 2.05) is 0 Å². The highest BCUT2D eigenvalue weighted by molar-refractivity contribution is 7.99. The second kappa shape index (κ2) is 12.0. The van der Waals surface area contributed by atoms with Crippen LogP contribution in [0.25, 0.3) is 33.4 Å². The molecule has 0 unspecified atom stereocenters. The molecule has 0 bridgehead atoms. The summed E-state index contributed by atoms with van der Waals surface area (Å²) in [6.45, 7) is 11.6. The lowest BCUT2D eigenvalue weighted by molar-refractivity contribution is -0.136. The number of aryl methyl sites for hydroxylation is 1. The summed E-state index contributed by atoms with van der Waals surface area (Å²) in [7, 11) is 0. The van der Waals surface area contributed by atoms with Gasteiger partial charge >= 0.3 is 5.97 Å². The number of ether oxygens (including phenoxy) is 1. The average molecular weight is 579 g/mol. The normalized spacial score (nSPS) is 14.9. The van der Waals surface area contributed by atoms with Crippen LogP contribution in [0.1, 0.15) is 33.4 Å². The van der Waals surface area contributed by atoms with Crippen LogP contribution in [0.15, 0.2) is 66.7 Å². The minimum absolute atomic E-state index is 0.00574. The fraction of sp³-hybridized carbons (Fsp3) is 0.306. The molecule has 0 amide bonds. The lowest BCUT2D eigenvalue weighted by atomic mass is 9.80. The highest BCUT2D eigenvalue weighted by atomic mass is 32.2. The number of benzene rings is 4. The van der Waals surface area contributed by atoms with Crippen LogP contribution in [-0.4, -0.2) is 48.5 Å². The Kier molecular flexibility index (Phi) is 8.13. The van der Waals surface area contributed by atoms with E-state index in [-0.39, 0.29) is 6.42 Å². The number of nitrogens with zero attached hydrogens (tertiary/aromatic N) is 2. The number of carbonyl (C=O) groups is 1. The fourth-order valence-corrected chi connectivity index (χ4v) is 7.23.